The van der Waals surface area contributed by atoms with Crippen LogP contribution in [0.2, 0.25) is 0 Å². The summed E-state index contributed by atoms with van der Waals surface area (Å²) >= 11 is 0. The molecule has 0 bridgehead atoms. The summed E-state index contributed by atoms with van der Waals surface area (Å²) in [4.78, 5) is 0. The number of hydrogen-bond donors (Lipinski definition) is 0. The molecule has 0 atom stereocenters. The van der Waals surface area contributed by atoms with Crippen molar-refractivity contribution in [2.45, 2.75) is 25.7 Å². The fourth-order valence-corrected chi connectivity index (χ4v) is 1.53. The average Bonchev–Trinajstić information content (AvgIpc) is 2.59. The van der Waals surface area contributed by atoms with Crippen LogP contribution in [0, 0.1) is 6.10 Å². The third kappa shape index (κ3) is 1.79. The van der Waals surface area contributed by atoms with E-state index in [0.29, 0.717) is 0 Å². The Balaban J connectivity index is 1.94. The number of benzene rings is 1. The van der Waals surface area contributed by atoms with Crippen molar-refractivity contribution in [1.29, 1.82) is 0 Å². The molecule has 1 heteroatoms. The Kier molecular flexibility index (Phi) is 2.31. The van der Waals surface area contributed by atoms with Crippen LogP contribution in [-0.2, 0) is 0 Å². The predicted octanol–water partition coefficient (Wildman–Crippen LogP) is 3.17. The van der Waals surface area contributed by atoms with E-state index in [9.17, 15) is 0 Å². The molecule has 0 spiro atoms. The quantitative estimate of drug-likeness (QED) is 0.647. The van der Waals surface area contributed by atoms with Crippen LogP contribution >= 0.6 is 0 Å². The van der Waals surface area contributed by atoms with Gasteiger partial charge in [-0.15, -0.1) is 0 Å². The van der Waals surface area contributed by atoms with Gasteiger partial charge in [-0.3, -0.25) is 0 Å². The molecule has 12 heavy (non-hydrogen) atoms. The Morgan fingerprint density at radius 2 is 1.58 bits per heavy atom. The maximum atomic E-state index is 5.69. The smallest absolute Gasteiger partial charge is 0.148 e. The van der Waals surface area contributed by atoms with Gasteiger partial charge in [0.15, 0.2) is 0 Å². The summed E-state index contributed by atoms with van der Waals surface area (Å²) in [7, 11) is 0. The van der Waals surface area contributed by atoms with Crippen molar-refractivity contribution in [1.82, 2.24) is 0 Å². The fraction of sp³-hybridized carbons (Fsp3) is 0.364. The Bertz CT molecular complexity index is 224. The lowest BCUT2D eigenvalue weighted by Crippen LogP contribution is -2.00. The van der Waals surface area contributed by atoms with E-state index in [1.54, 1.807) is 0 Å². The van der Waals surface area contributed by atoms with E-state index < -0.39 is 0 Å². The lowest BCUT2D eigenvalue weighted by Gasteiger charge is -2.10. The van der Waals surface area contributed by atoms with E-state index in [-0.39, 0.29) is 0 Å². The van der Waals surface area contributed by atoms with Gasteiger partial charge in [-0.05, 0) is 37.8 Å². The number of hydrogen-bond acceptors (Lipinski definition) is 1. The summed E-state index contributed by atoms with van der Waals surface area (Å²) < 4.78 is 5.69. The van der Waals surface area contributed by atoms with E-state index in [1.165, 1.54) is 18.9 Å². The van der Waals surface area contributed by atoms with Gasteiger partial charge in [-0.25, -0.2) is 0 Å². The molecule has 0 aromatic heterocycles. The lowest BCUT2D eigenvalue weighted by molar-refractivity contribution is 0.318. The van der Waals surface area contributed by atoms with Gasteiger partial charge in [-0.2, -0.15) is 0 Å². The zero-order valence-electron chi connectivity index (χ0n) is 7.12. The van der Waals surface area contributed by atoms with Crippen molar-refractivity contribution >= 4 is 0 Å². The molecule has 0 N–H and O–H groups in total. The Hall–Kier alpha value is -0.980. The SMILES string of the molecule is c1ccc(O[C]2CCCC2)cc1. The maximum absolute atomic E-state index is 5.69. The summed E-state index contributed by atoms with van der Waals surface area (Å²) in [6.07, 6.45) is 6.13. The third-order valence-electron chi connectivity index (χ3n) is 2.17. The zero-order chi connectivity index (χ0) is 8.23. The van der Waals surface area contributed by atoms with E-state index in [0.717, 1.165) is 18.6 Å². The highest BCUT2D eigenvalue weighted by Crippen LogP contribution is 2.29. The maximum Gasteiger partial charge on any atom is 0.148 e. The van der Waals surface area contributed by atoms with Gasteiger partial charge >= 0.3 is 0 Å². The summed E-state index contributed by atoms with van der Waals surface area (Å²) in [6, 6.07) is 10.0. The van der Waals surface area contributed by atoms with Crippen LogP contribution in [0.25, 0.3) is 0 Å². The molecule has 63 valence electrons. The molecule has 1 aromatic rings. The van der Waals surface area contributed by atoms with Gasteiger partial charge in [0.25, 0.3) is 0 Å². The highest BCUT2D eigenvalue weighted by molar-refractivity contribution is 5.22. The largest absolute Gasteiger partial charge is 0.483 e. The van der Waals surface area contributed by atoms with Crippen molar-refractivity contribution in [3.05, 3.63) is 36.4 Å². The van der Waals surface area contributed by atoms with Gasteiger partial charge in [0.2, 0.25) is 0 Å². The van der Waals surface area contributed by atoms with Crippen molar-refractivity contribution in [2.75, 3.05) is 0 Å². The fourth-order valence-electron chi connectivity index (χ4n) is 1.53. The van der Waals surface area contributed by atoms with E-state index in [1.807, 2.05) is 30.3 Å². The minimum absolute atomic E-state index is 0.981. The molecule has 1 radical (unpaired) electrons. The highest BCUT2D eigenvalue weighted by atomic mass is 16.5. The number of rotatable bonds is 2. The molecule has 0 aliphatic heterocycles. The first-order chi connectivity index (χ1) is 5.95. The minimum atomic E-state index is 0.981. The van der Waals surface area contributed by atoms with Gasteiger partial charge in [0.1, 0.15) is 11.9 Å². The van der Waals surface area contributed by atoms with Crippen molar-refractivity contribution in [3.63, 3.8) is 0 Å². The van der Waals surface area contributed by atoms with E-state index in [4.69, 9.17) is 4.74 Å². The van der Waals surface area contributed by atoms with Crippen LogP contribution in [0.5, 0.6) is 5.75 Å². The molecule has 2 rings (SSSR count). The first-order valence-electron chi connectivity index (χ1n) is 4.53. The Labute approximate surface area is 73.4 Å². The predicted molar refractivity (Wildman–Crippen MR) is 48.8 cm³/mol. The first kappa shape index (κ1) is 7.66. The third-order valence-corrected chi connectivity index (χ3v) is 2.17. The summed E-state index contributed by atoms with van der Waals surface area (Å²) in [5.41, 5.74) is 0. The van der Waals surface area contributed by atoms with Crippen molar-refractivity contribution < 1.29 is 4.74 Å². The molecule has 1 aromatic carbocycles. The second kappa shape index (κ2) is 3.61. The molecule has 1 saturated carbocycles. The molecule has 0 saturated heterocycles. The molecule has 1 aliphatic carbocycles. The normalized spacial score (nSPS) is 18.0. The van der Waals surface area contributed by atoms with Gasteiger partial charge < -0.3 is 4.74 Å². The van der Waals surface area contributed by atoms with Crippen LogP contribution < -0.4 is 4.74 Å². The molecule has 1 fully saturated rings. The molecule has 0 heterocycles. The monoisotopic (exact) mass is 161 g/mol. The summed E-state index contributed by atoms with van der Waals surface area (Å²) in [5, 5.41) is 0. The van der Waals surface area contributed by atoms with Crippen LogP contribution in [0.1, 0.15) is 25.7 Å². The molecule has 0 amide bonds. The number of ether oxygens (including phenoxy) is 1. The molecule has 1 aliphatic rings. The van der Waals surface area contributed by atoms with Crippen LogP contribution in [0.4, 0.5) is 0 Å². The summed E-state index contributed by atoms with van der Waals surface area (Å²) in [5.74, 6) is 0.981. The first-order valence-corrected chi connectivity index (χ1v) is 4.53. The second-order valence-corrected chi connectivity index (χ2v) is 3.16. The minimum Gasteiger partial charge on any atom is -0.483 e. The van der Waals surface area contributed by atoms with Gasteiger partial charge in [0, 0.05) is 0 Å². The van der Waals surface area contributed by atoms with Crippen molar-refractivity contribution in [2.24, 2.45) is 0 Å². The van der Waals surface area contributed by atoms with Gasteiger partial charge in [0.05, 0.1) is 0 Å². The van der Waals surface area contributed by atoms with Crippen LogP contribution in [0.15, 0.2) is 30.3 Å². The second-order valence-electron chi connectivity index (χ2n) is 3.16. The van der Waals surface area contributed by atoms with Crippen molar-refractivity contribution in [3.8, 4) is 5.75 Å². The average molecular weight is 161 g/mol. The van der Waals surface area contributed by atoms with Crippen LogP contribution in [0.3, 0.4) is 0 Å². The molecule has 0 unspecified atom stereocenters. The molecular formula is C11H13O. The lowest BCUT2D eigenvalue weighted by atomic mass is 10.3. The van der Waals surface area contributed by atoms with Crippen LogP contribution in [-0.4, -0.2) is 0 Å². The Morgan fingerprint density at radius 1 is 0.917 bits per heavy atom. The van der Waals surface area contributed by atoms with E-state index >= 15 is 0 Å². The molecular weight excluding hydrogens is 148 g/mol. The molecule has 1 nitrogen and oxygen atoms in total. The standard InChI is InChI=1S/C11H13O/c1-2-6-10(7-3-1)12-11-8-4-5-9-11/h1-3,6-7H,4-5,8-9H2. The zero-order valence-corrected chi connectivity index (χ0v) is 7.12. The Morgan fingerprint density at radius 3 is 2.25 bits per heavy atom. The van der Waals surface area contributed by atoms with Gasteiger partial charge in [-0.1, -0.05) is 18.2 Å². The summed E-state index contributed by atoms with van der Waals surface area (Å²) in [6.45, 7) is 0. The number of para-hydroxylation sites is 1. The topological polar surface area (TPSA) is 9.23 Å². The highest BCUT2D eigenvalue weighted by Gasteiger charge is 2.17. The van der Waals surface area contributed by atoms with E-state index in [2.05, 4.69) is 0 Å².